The van der Waals surface area contributed by atoms with E-state index in [1.807, 2.05) is 13.1 Å². The van der Waals surface area contributed by atoms with Gasteiger partial charge in [0.25, 0.3) is 0 Å². The molecule has 0 amide bonds. The fourth-order valence-electron chi connectivity index (χ4n) is 3.10. The number of benzene rings is 1. The monoisotopic (exact) mass is 292 g/mol. The molecule has 0 aliphatic carbocycles. The smallest absolute Gasteiger partial charge is 0.161 e. The van der Waals surface area contributed by atoms with Crippen LogP contribution in [0.4, 0.5) is 0 Å². The molecular weight excluding hydrogens is 264 g/mol. The molecule has 1 saturated heterocycles. The summed E-state index contributed by atoms with van der Waals surface area (Å²) in [5.74, 6) is 2.42. The number of methoxy groups -OCH3 is 2. The highest BCUT2D eigenvalue weighted by Crippen LogP contribution is 2.29. The molecule has 21 heavy (non-hydrogen) atoms. The van der Waals surface area contributed by atoms with E-state index in [1.165, 1.54) is 31.5 Å². The van der Waals surface area contributed by atoms with Crippen molar-refractivity contribution in [2.24, 2.45) is 5.92 Å². The van der Waals surface area contributed by atoms with Crippen LogP contribution in [0.1, 0.15) is 25.3 Å². The van der Waals surface area contributed by atoms with Crippen molar-refractivity contribution >= 4 is 0 Å². The van der Waals surface area contributed by atoms with Crippen LogP contribution < -0.4 is 14.8 Å². The Hall–Kier alpha value is -1.26. The third kappa shape index (κ3) is 4.35. The van der Waals surface area contributed by atoms with E-state index in [9.17, 15) is 0 Å². The van der Waals surface area contributed by atoms with Crippen LogP contribution in [0.2, 0.25) is 0 Å². The molecule has 0 radical (unpaired) electrons. The lowest BCUT2D eigenvalue weighted by Crippen LogP contribution is -2.26. The molecule has 1 aliphatic heterocycles. The largest absolute Gasteiger partial charge is 0.493 e. The molecular formula is C17H28N2O2. The number of ether oxygens (including phenoxy) is 2. The van der Waals surface area contributed by atoms with Gasteiger partial charge in [0.05, 0.1) is 14.2 Å². The highest BCUT2D eigenvalue weighted by Gasteiger charge is 2.23. The molecule has 2 unspecified atom stereocenters. The Labute approximate surface area is 128 Å². The van der Waals surface area contributed by atoms with Gasteiger partial charge in [0.15, 0.2) is 11.5 Å². The first-order valence-corrected chi connectivity index (χ1v) is 7.76. The van der Waals surface area contributed by atoms with Crippen molar-refractivity contribution in [3.63, 3.8) is 0 Å². The van der Waals surface area contributed by atoms with Gasteiger partial charge in [-0.25, -0.2) is 0 Å². The maximum atomic E-state index is 5.38. The van der Waals surface area contributed by atoms with Crippen molar-refractivity contribution in [1.29, 1.82) is 0 Å². The summed E-state index contributed by atoms with van der Waals surface area (Å²) in [7, 11) is 5.40. The summed E-state index contributed by atoms with van der Waals surface area (Å²) in [4.78, 5) is 2.54. The van der Waals surface area contributed by atoms with Gasteiger partial charge in [0.1, 0.15) is 0 Å². The minimum absolute atomic E-state index is 0.607. The summed E-state index contributed by atoms with van der Waals surface area (Å²) in [6.45, 7) is 5.64. The first-order chi connectivity index (χ1) is 10.2. The molecule has 1 N–H and O–H groups in total. The Morgan fingerprint density at radius 1 is 1.29 bits per heavy atom. The quantitative estimate of drug-likeness (QED) is 0.837. The van der Waals surface area contributed by atoms with Crippen molar-refractivity contribution in [3.8, 4) is 11.5 Å². The van der Waals surface area contributed by atoms with Crippen LogP contribution >= 0.6 is 0 Å². The van der Waals surface area contributed by atoms with Crippen molar-refractivity contribution in [1.82, 2.24) is 10.2 Å². The molecule has 1 heterocycles. The molecule has 0 saturated carbocycles. The van der Waals surface area contributed by atoms with Gasteiger partial charge in [-0.05, 0) is 57.0 Å². The zero-order valence-corrected chi connectivity index (χ0v) is 13.7. The number of hydrogen-bond acceptors (Lipinski definition) is 4. The van der Waals surface area contributed by atoms with Crippen LogP contribution in [0, 0.1) is 5.92 Å². The molecule has 4 heteroatoms. The van der Waals surface area contributed by atoms with Gasteiger partial charge in [-0.15, -0.1) is 0 Å². The van der Waals surface area contributed by atoms with E-state index in [0.29, 0.717) is 6.04 Å². The predicted octanol–water partition coefficient (Wildman–Crippen LogP) is 2.52. The summed E-state index contributed by atoms with van der Waals surface area (Å²) in [5.41, 5.74) is 1.29. The Bertz CT molecular complexity index is 450. The molecule has 0 spiro atoms. The lowest BCUT2D eigenvalue weighted by atomic mass is 10.0. The van der Waals surface area contributed by atoms with E-state index in [2.05, 4.69) is 29.3 Å². The summed E-state index contributed by atoms with van der Waals surface area (Å²) in [5, 5.41) is 3.34. The van der Waals surface area contributed by atoms with E-state index < -0.39 is 0 Å². The molecule has 1 aromatic carbocycles. The summed E-state index contributed by atoms with van der Waals surface area (Å²) >= 11 is 0. The standard InChI is InChI=1S/C17H28N2O2/c1-13(18-2)9-15-7-8-19(12-15)11-14-5-6-16(20-3)17(10-14)21-4/h5-6,10,13,15,18H,7-9,11-12H2,1-4H3. The summed E-state index contributed by atoms with van der Waals surface area (Å²) < 4.78 is 10.7. The fraction of sp³-hybridized carbons (Fsp3) is 0.647. The maximum Gasteiger partial charge on any atom is 0.161 e. The highest BCUT2D eigenvalue weighted by atomic mass is 16.5. The number of nitrogens with zero attached hydrogens (tertiary/aromatic N) is 1. The van der Waals surface area contributed by atoms with E-state index >= 15 is 0 Å². The molecule has 1 aliphatic rings. The van der Waals surface area contributed by atoms with Crippen LogP contribution in [0.3, 0.4) is 0 Å². The number of nitrogens with one attached hydrogen (secondary N) is 1. The molecule has 2 rings (SSSR count). The van der Waals surface area contributed by atoms with E-state index in [0.717, 1.165) is 24.0 Å². The van der Waals surface area contributed by atoms with Crippen molar-refractivity contribution in [2.75, 3.05) is 34.4 Å². The number of hydrogen-bond donors (Lipinski definition) is 1. The van der Waals surface area contributed by atoms with Gasteiger partial charge in [0, 0.05) is 19.1 Å². The van der Waals surface area contributed by atoms with Crippen LogP contribution in [0.15, 0.2) is 18.2 Å². The zero-order valence-electron chi connectivity index (χ0n) is 13.7. The van der Waals surface area contributed by atoms with Crippen molar-refractivity contribution in [2.45, 2.75) is 32.4 Å². The van der Waals surface area contributed by atoms with E-state index in [1.54, 1.807) is 14.2 Å². The fourth-order valence-corrected chi connectivity index (χ4v) is 3.10. The molecule has 0 bridgehead atoms. The van der Waals surface area contributed by atoms with Crippen LogP contribution in [0.25, 0.3) is 0 Å². The topological polar surface area (TPSA) is 33.7 Å². The van der Waals surface area contributed by atoms with Gasteiger partial charge in [-0.2, -0.15) is 0 Å². The van der Waals surface area contributed by atoms with Crippen LogP contribution in [-0.4, -0.2) is 45.3 Å². The summed E-state index contributed by atoms with van der Waals surface area (Å²) in [6, 6.07) is 6.81. The van der Waals surface area contributed by atoms with Crippen molar-refractivity contribution in [3.05, 3.63) is 23.8 Å². The molecule has 4 nitrogen and oxygen atoms in total. The Morgan fingerprint density at radius 3 is 2.71 bits per heavy atom. The Morgan fingerprint density at radius 2 is 2.05 bits per heavy atom. The number of likely N-dealkylation sites (tertiary alicyclic amines) is 1. The van der Waals surface area contributed by atoms with Gasteiger partial charge in [0.2, 0.25) is 0 Å². The molecule has 0 aromatic heterocycles. The van der Waals surface area contributed by atoms with Gasteiger partial charge < -0.3 is 14.8 Å². The van der Waals surface area contributed by atoms with E-state index in [-0.39, 0.29) is 0 Å². The summed E-state index contributed by atoms with van der Waals surface area (Å²) in [6.07, 6.45) is 2.57. The molecule has 118 valence electrons. The molecule has 1 fully saturated rings. The third-order valence-corrected chi connectivity index (χ3v) is 4.40. The minimum Gasteiger partial charge on any atom is -0.493 e. The second-order valence-electron chi connectivity index (χ2n) is 6.00. The average molecular weight is 292 g/mol. The normalized spacial score (nSPS) is 20.5. The van der Waals surface area contributed by atoms with E-state index in [4.69, 9.17) is 9.47 Å². The second kappa shape index (κ2) is 7.66. The lowest BCUT2D eigenvalue weighted by molar-refractivity contribution is 0.305. The first kappa shape index (κ1) is 16.1. The first-order valence-electron chi connectivity index (χ1n) is 7.76. The highest BCUT2D eigenvalue weighted by molar-refractivity contribution is 5.42. The third-order valence-electron chi connectivity index (χ3n) is 4.40. The Balaban J connectivity index is 1.91. The van der Waals surface area contributed by atoms with Gasteiger partial charge in [-0.1, -0.05) is 6.07 Å². The number of rotatable bonds is 7. The zero-order chi connectivity index (χ0) is 15.2. The second-order valence-corrected chi connectivity index (χ2v) is 6.00. The molecule has 2 atom stereocenters. The minimum atomic E-state index is 0.607. The maximum absolute atomic E-state index is 5.38. The lowest BCUT2D eigenvalue weighted by Gasteiger charge is -2.19. The predicted molar refractivity (Wildman–Crippen MR) is 86.1 cm³/mol. The van der Waals surface area contributed by atoms with Gasteiger partial charge >= 0.3 is 0 Å². The SMILES string of the molecule is CNC(C)CC1CCN(Cc2ccc(OC)c(OC)c2)C1. The van der Waals surface area contributed by atoms with Gasteiger partial charge in [-0.3, -0.25) is 4.90 Å². The van der Waals surface area contributed by atoms with Crippen LogP contribution in [0.5, 0.6) is 11.5 Å². The van der Waals surface area contributed by atoms with Crippen LogP contribution in [-0.2, 0) is 6.54 Å². The Kier molecular flexibility index (Phi) is 5.88. The average Bonchev–Trinajstić information content (AvgIpc) is 2.93. The molecule has 1 aromatic rings. The van der Waals surface area contributed by atoms with Crippen molar-refractivity contribution < 1.29 is 9.47 Å².